The highest BCUT2D eigenvalue weighted by molar-refractivity contribution is 9.11. The molecule has 1 unspecified atom stereocenters. The number of carbonyl (C=O) groups excluding carboxylic acids is 2. The number of allylic oxidation sites excluding steroid dienone is 4. The Morgan fingerprint density at radius 2 is 2.00 bits per heavy atom. The number of nitrogens with zero attached hydrogens (tertiary/aromatic N) is 1. The van der Waals surface area contributed by atoms with Crippen LogP contribution in [0.3, 0.4) is 0 Å². The van der Waals surface area contributed by atoms with Gasteiger partial charge in [-0.1, -0.05) is 35.9 Å². The number of carbonyl (C=O) groups is 2. The van der Waals surface area contributed by atoms with Gasteiger partial charge in [-0.15, -0.1) is 0 Å². The monoisotopic (exact) mass is 309 g/mol. The van der Waals surface area contributed by atoms with Gasteiger partial charge in [-0.25, -0.2) is 0 Å². The van der Waals surface area contributed by atoms with Crippen molar-refractivity contribution in [1.29, 1.82) is 0 Å². The summed E-state index contributed by atoms with van der Waals surface area (Å²) in [5.41, 5.74) is 0.742. The maximum Gasteiger partial charge on any atom is 0.233 e. The summed E-state index contributed by atoms with van der Waals surface area (Å²) in [5, 5.41) is 0. The molecule has 0 aromatic carbocycles. The summed E-state index contributed by atoms with van der Waals surface area (Å²) in [7, 11) is 0. The quantitative estimate of drug-likeness (QED) is 0.747. The largest absolute Gasteiger partial charge is 0.311 e. The third-order valence-electron chi connectivity index (χ3n) is 4.40. The number of hydrogen-bond donors (Lipinski definition) is 0. The Hall–Kier alpha value is -0.900. The van der Waals surface area contributed by atoms with Crippen molar-refractivity contribution in [3.63, 3.8) is 0 Å². The molecule has 0 N–H and O–H groups in total. The molecular weight excluding hydrogens is 294 g/mol. The summed E-state index contributed by atoms with van der Waals surface area (Å²) in [6.07, 6.45) is 6.10. The fourth-order valence-electron chi connectivity index (χ4n) is 3.16. The molecule has 1 amide bonds. The summed E-state index contributed by atoms with van der Waals surface area (Å²) < 4.78 is 1.04. The number of likely N-dealkylation sites (tertiary alicyclic amines) is 1. The Bertz CT molecular complexity index is 496. The van der Waals surface area contributed by atoms with Crippen LogP contribution < -0.4 is 0 Å². The van der Waals surface area contributed by atoms with Crippen molar-refractivity contribution < 1.29 is 9.59 Å². The van der Waals surface area contributed by atoms with E-state index in [2.05, 4.69) is 22.0 Å². The number of ketones is 1. The van der Waals surface area contributed by atoms with Crippen molar-refractivity contribution in [2.75, 3.05) is 0 Å². The first-order valence-electron chi connectivity index (χ1n) is 6.34. The van der Waals surface area contributed by atoms with Crippen LogP contribution in [0.2, 0.25) is 0 Å². The normalized spacial score (nSPS) is 30.8. The van der Waals surface area contributed by atoms with Crippen LogP contribution in [-0.2, 0) is 9.59 Å². The molecule has 2 aliphatic carbocycles. The van der Waals surface area contributed by atoms with Crippen molar-refractivity contribution >= 4 is 27.6 Å². The van der Waals surface area contributed by atoms with Gasteiger partial charge in [-0.3, -0.25) is 9.59 Å². The maximum absolute atomic E-state index is 12.6. The zero-order valence-corrected chi connectivity index (χ0v) is 12.2. The van der Waals surface area contributed by atoms with E-state index in [-0.39, 0.29) is 29.1 Å². The first-order chi connectivity index (χ1) is 8.41. The van der Waals surface area contributed by atoms with Gasteiger partial charge in [0.15, 0.2) is 0 Å². The second-order valence-corrected chi connectivity index (χ2v) is 6.86. The van der Waals surface area contributed by atoms with Gasteiger partial charge in [0, 0.05) is 28.9 Å². The fourth-order valence-corrected chi connectivity index (χ4v) is 3.58. The van der Waals surface area contributed by atoms with Crippen LogP contribution in [0.4, 0.5) is 0 Å². The van der Waals surface area contributed by atoms with Crippen molar-refractivity contribution in [1.82, 2.24) is 4.90 Å². The van der Waals surface area contributed by atoms with Gasteiger partial charge in [0.1, 0.15) is 5.78 Å². The summed E-state index contributed by atoms with van der Waals surface area (Å²) in [6.45, 7) is 4.03. The van der Waals surface area contributed by atoms with Crippen LogP contribution in [0.1, 0.15) is 33.1 Å². The third kappa shape index (κ3) is 1.54. The average Bonchev–Trinajstić information content (AvgIpc) is 2.44. The molecule has 4 heteroatoms. The molecule has 0 spiro atoms. The van der Waals surface area contributed by atoms with E-state index in [0.717, 1.165) is 16.6 Å². The molecule has 3 nitrogen and oxygen atoms in total. The second-order valence-electron chi connectivity index (χ2n) is 5.94. The number of Topliss-reactive ketones (excluding diaryl/α,β-unsaturated/α-hetero) is 1. The number of amides is 1. The summed E-state index contributed by atoms with van der Waals surface area (Å²) >= 11 is 3.49. The molecule has 18 heavy (non-hydrogen) atoms. The van der Waals surface area contributed by atoms with Gasteiger partial charge < -0.3 is 4.90 Å². The van der Waals surface area contributed by atoms with E-state index in [1.807, 2.05) is 24.8 Å². The fraction of sp³-hybridized carbons (Fsp3) is 0.571. The molecule has 96 valence electrons. The number of halogens is 1. The van der Waals surface area contributed by atoms with E-state index < -0.39 is 0 Å². The van der Waals surface area contributed by atoms with Crippen LogP contribution in [0.15, 0.2) is 22.3 Å². The van der Waals surface area contributed by atoms with Gasteiger partial charge >= 0.3 is 0 Å². The van der Waals surface area contributed by atoms with Gasteiger partial charge in [0.2, 0.25) is 5.91 Å². The lowest BCUT2D eigenvalue weighted by Gasteiger charge is -2.35. The molecule has 0 aromatic heterocycles. The molecule has 3 rings (SSSR count). The summed E-state index contributed by atoms with van der Waals surface area (Å²) in [4.78, 5) is 25.6. The lowest BCUT2D eigenvalue weighted by Crippen LogP contribution is -2.46. The Morgan fingerprint density at radius 3 is 2.61 bits per heavy atom. The predicted octanol–water partition coefficient (Wildman–Crippen LogP) is 2.77. The number of rotatable bonds is 1. The zero-order valence-electron chi connectivity index (χ0n) is 10.6. The van der Waals surface area contributed by atoms with Gasteiger partial charge in [-0.05, 0) is 12.5 Å². The highest BCUT2D eigenvalue weighted by atomic mass is 79.9. The SMILES string of the molecule is CC1(C)C(=O)N(C2CC(=O)C2)C2=CC(Br)=CCC21. The highest BCUT2D eigenvalue weighted by Gasteiger charge is 2.54. The molecule has 1 saturated heterocycles. The smallest absolute Gasteiger partial charge is 0.233 e. The van der Waals surface area contributed by atoms with E-state index in [1.54, 1.807) is 0 Å². The van der Waals surface area contributed by atoms with Gasteiger partial charge in [0.25, 0.3) is 0 Å². The van der Waals surface area contributed by atoms with E-state index in [4.69, 9.17) is 0 Å². The topological polar surface area (TPSA) is 37.4 Å². The minimum atomic E-state index is -0.353. The van der Waals surface area contributed by atoms with Crippen molar-refractivity contribution in [3.05, 3.63) is 22.3 Å². The average molecular weight is 310 g/mol. The lowest BCUT2D eigenvalue weighted by atomic mass is 9.77. The molecule has 1 saturated carbocycles. The predicted molar refractivity (Wildman–Crippen MR) is 71.9 cm³/mol. The van der Waals surface area contributed by atoms with E-state index in [1.165, 1.54) is 0 Å². The molecule has 1 atom stereocenters. The Labute approximate surface area is 115 Å². The minimum absolute atomic E-state index is 0.0962. The first kappa shape index (κ1) is 12.2. The van der Waals surface area contributed by atoms with E-state index >= 15 is 0 Å². The second kappa shape index (κ2) is 3.80. The van der Waals surface area contributed by atoms with Crippen LogP contribution in [0.25, 0.3) is 0 Å². The molecule has 1 aliphatic heterocycles. The van der Waals surface area contributed by atoms with Gasteiger partial charge in [-0.2, -0.15) is 0 Å². The third-order valence-corrected chi connectivity index (χ3v) is 4.96. The van der Waals surface area contributed by atoms with E-state index in [9.17, 15) is 9.59 Å². The number of fused-ring (bicyclic) bond motifs is 1. The Kier molecular flexibility index (Phi) is 2.56. The van der Waals surface area contributed by atoms with Gasteiger partial charge in [0.05, 0.1) is 11.5 Å². The molecule has 3 aliphatic rings. The van der Waals surface area contributed by atoms with Crippen LogP contribution >= 0.6 is 15.9 Å². The van der Waals surface area contributed by atoms with Crippen molar-refractivity contribution in [2.45, 2.75) is 39.2 Å². The zero-order chi connectivity index (χ0) is 13.1. The highest BCUT2D eigenvalue weighted by Crippen LogP contribution is 2.50. The Morgan fingerprint density at radius 1 is 1.33 bits per heavy atom. The summed E-state index contributed by atoms with van der Waals surface area (Å²) in [5.74, 6) is 0.689. The first-order valence-corrected chi connectivity index (χ1v) is 7.13. The van der Waals surface area contributed by atoms with Crippen LogP contribution in [0, 0.1) is 11.3 Å². The molecule has 2 fully saturated rings. The Balaban J connectivity index is 1.99. The lowest BCUT2D eigenvalue weighted by molar-refractivity contribution is -0.140. The number of hydrogen-bond acceptors (Lipinski definition) is 2. The summed E-state index contributed by atoms with van der Waals surface area (Å²) in [6, 6.07) is 0.0962. The van der Waals surface area contributed by atoms with E-state index in [0.29, 0.717) is 12.8 Å². The van der Waals surface area contributed by atoms with Crippen molar-refractivity contribution in [3.8, 4) is 0 Å². The van der Waals surface area contributed by atoms with Crippen molar-refractivity contribution in [2.24, 2.45) is 11.3 Å². The minimum Gasteiger partial charge on any atom is -0.311 e. The van der Waals surface area contributed by atoms with Crippen LogP contribution in [-0.4, -0.2) is 22.6 Å². The van der Waals surface area contributed by atoms with Crippen LogP contribution in [0.5, 0.6) is 0 Å². The molecule has 1 heterocycles. The molecule has 0 radical (unpaired) electrons. The maximum atomic E-state index is 12.6. The molecule has 0 bridgehead atoms. The molecule has 0 aromatic rings. The standard InChI is InChI=1S/C14H16BrNO2/c1-14(2)11-4-3-8(15)5-12(11)16(13(14)18)9-6-10(17)7-9/h3,5,9,11H,4,6-7H2,1-2H3. The molecular formula is C14H16BrNO2.